The maximum Gasteiger partial charge on any atom is 0.309 e. The van der Waals surface area contributed by atoms with E-state index in [4.69, 9.17) is 24.5 Å². The number of hydrogen-bond donors (Lipinski definition) is 5. The van der Waals surface area contributed by atoms with Crippen molar-refractivity contribution in [1.82, 2.24) is 20.0 Å². The Hall–Kier alpha value is -4.20. The lowest BCUT2D eigenvalue weighted by Gasteiger charge is -2.44. The van der Waals surface area contributed by atoms with Crippen molar-refractivity contribution in [3.63, 3.8) is 0 Å². The fourth-order valence-corrected chi connectivity index (χ4v) is 10.7. The number of ether oxygens (including phenoxy) is 4. The van der Waals surface area contributed by atoms with Gasteiger partial charge in [-0.05, 0) is 103 Å². The lowest BCUT2D eigenvalue weighted by atomic mass is 9.79. The van der Waals surface area contributed by atoms with Gasteiger partial charge in [-0.2, -0.15) is 5.11 Å². The highest BCUT2D eigenvalue weighted by atomic mass is 19.1. The number of carbonyl (C=O) groups is 3. The first kappa shape index (κ1) is 55.7. The summed E-state index contributed by atoms with van der Waals surface area (Å²) in [6.07, 6.45) is -0.319. The molecule has 0 spiro atoms. The van der Waals surface area contributed by atoms with Gasteiger partial charge in [0.05, 0.1) is 53.1 Å². The number of methoxy groups -OCH3 is 1. The van der Waals surface area contributed by atoms with E-state index in [2.05, 4.69) is 15.3 Å². The molecule has 3 aliphatic rings. The molecule has 2 fully saturated rings. The summed E-state index contributed by atoms with van der Waals surface area (Å²) >= 11 is 0. The molecular formula is C52H79FN6O10. The highest BCUT2D eigenvalue weighted by Crippen LogP contribution is 2.37. The average molecular weight is 967 g/mol. The van der Waals surface area contributed by atoms with Gasteiger partial charge in [0.15, 0.2) is 6.29 Å². The second-order valence-corrected chi connectivity index (χ2v) is 20.6. The molecule has 5 rings (SSSR count). The molecule has 5 N–H and O–H groups in total. The predicted molar refractivity (Wildman–Crippen MR) is 259 cm³/mol. The van der Waals surface area contributed by atoms with E-state index in [1.807, 2.05) is 53.6 Å². The monoisotopic (exact) mass is 967 g/mol. The first-order chi connectivity index (χ1) is 32.6. The molecule has 2 saturated heterocycles. The Balaban J connectivity index is 1.22. The van der Waals surface area contributed by atoms with E-state index in [-0.39, 0.29) is 42.3 Å². The van der Waals surface area contributed by atoms with Crippen LogP contribution in [-0.4, -0.2) is 149 Å². The van der Waals surface area contributed by atoms with Gasteiger partial charge in [-0.25, -0.2) is 9.92 Å². The molecule has 17 heteroatoms. The summed E-state index contributed by atoms with van der Waals surface area (Å²) in [7, 11) is 5.35. The predicted octanol–water partition coefficient (Wildman–Crippen LogP) is 6.78. The van der Waals surface area contributed by atoms with Gasteiger partial charge in [-0.1, -0.05) is 64.1 Å². The van der Waals surface area contributed by atoms with Crippen molar-refractivity contribution in [2.75, 3.05) is 41.0 Å². The molecule has 69 heavy (non-hydrogen) atoms. The lowest BCUT2D eigenvalue weighted by Crippen LogP contribution is -2.59. The Kier molecular flexibility index (Phi) is 19.6. The molecule has 3 aliphatic heterocycles. The van der Waals surface area contributed by atoms with Gasteiger partial charge in [0.1, 0.15) is 30.6 Å². The third-order valence-corrected chi connectivity index (χ3v) is 14.7. The van der Waals surface area contributed by atoms with E-state index in [1.165, 1.54) is 18.9 Å². The fourth-order valence-electron chi connectivity index (χ4n) is 10.7. The Morgan fingerprint density at radius 3 is 2.25 bits per heavy atom. The Bertz CT molecular complexity index is 2040. The number of alkyl halides is 1. The SMILES string of the molecule is CC[C@H]1OC(=O)[C@H](C)C[C@H](C)[C@@H](O[C@H]2C[C@@H](N(C)CC/C(=C/N[C@H](CF)[C@H](OC)c3ccc(CN4C(=O)c5ccccc5C4=O)cc3)N=N)C[C@@H](C)O2)[C@](C)(O)C[C@@H](C)CN(C)[C@H](C)[C@@H](O)[C@]1(C)O. The summed E-state index contributed by atoms with van der Waals surface area (Å²) in [6.45, 7) is 15.0. The van der Waals surface area contributed by atoms with Crippen LogP contribution in [0.15, 0.2) is 65.5 Å². The number of amides is 2. The number of nitrogens with one attached hydrogen (secondary N) is 2. The molecule has 0 radical (unpaired) electrons. The maximum atomic E-state index is 14.7. The van der Waals surface area contributed by atoms with Crippen LogP contribution in [0.4, 0.5) is 4.39 Å². The molecule has 16 nitrogen and oxygen atoms in total. The number of hydrogen-bond acceptors (Lipinski definition) is 15. The summed E-state index contributed by atoms with van der Waals surface area (Å²) in [6, 6.07) is 12.6. The summed E-state index contributed by atoms with van der Waals surface area (Å²) < 4.78 is 39.5. The highest BCUT2D eigenvalue weighted by molar-refractivity contribution is 6.21. The second-order valence-electron chi connectivity index (χ2n) is 20.6. The fraction of sp³-hybridized carbons (Fsp3) is 0.673. The van der Waals surface area contributed by atoms with Gasteiger partial charge in [-0.3, -0.25) is 19.3 Å². The number of rotatable bonds is 16. The van der Waals surface area contributed by atoms with Gasteiger partial charge in [0, 0.05) is 51.3 Å². The zero-order chi connectivity index (χ0) is 51.0. The first-order valence-corrected chi connectivity index (χ1v) is 24.6. The van der Waals surface area contributed by atoms with Crippen LogP contribution in [-0.2, 0) is 30.3 Å². The Morgan fingerprint density at radius 1 is 1.03 bits per heavy atom. The number of nitrogens with zero attached hydrogens (tertiary/aromatic N) is 4. The standard InChI is InChI=1S/C52H79FN6O10/c1-12-43-52(8,65)46(60)35(6)58(10)29-31(2)26-51(7,64)47(32(3)23-33(4)50(63)68-43)69-44-25-39(24-34(5)67-44)57(9)22-21-38(56-54)28-55-42(27-53)45(66-11)37-19-17-36(18-20-37)30-59-48(61)40-15-13-14-16-41(40)49(59)62/h13-20,28,31-35,39,42-47,54-55,60,64-65H,12,21-27,29-30H2,1-11H3/b38-28-,56-54?/t31-,32+,33-,34-,35-,39+,42-,43-,44+,45-,46-,47-,51-,52-/m1/s1. The van der Waals surface area contributed by atoms with Crippen LogP contribution in [0, 0.1) is 23.3 Å². The van der Waals surface area contributed by atoms with Crippen LogP contribution in [0.3, 0.4) is 0 Å². The smallest absolute Gasteiger partial charge is 0.309 e. The van der Waals surface area contributed by atoms with Crippen LogP contribution in [0.25, 0.3) is 0 Å². The molecule has 384 valence electrons. The normalized spacial score (nSPS) is 33.3. The number of aliphatic hydroxyl groups is 3. The van der Waals surface area contributed by atoms with Gasteiger partial charge < -0.3 is 49.4 Å². The molecule has 2 amide bonds. The van der Waals surface area contributed by atoms with Crippen LogP contribution < -0.4 is 5.32 Å². The number of carbonyl (C=O) groups excluding carboxylic acids is 3. The number of halogens is 1. The summed E-state index contributed by atoms with van der Waals surface area (Å²) in [5.41, 5.74) is 7.49. The average Bonchev–Trinajstić information content (AvgIpc) is 3.55. The van der Waals surface area contributed by atoms with Gasteiger partial charge in [0.25, 0.3) is 11.8 Å². The minimum Gasteiger partial charge on any atom is -0.459 e. The first-order valence-electron chi connectivity index (χ1n) is 24.6. The van der Waals surface area contributed by atoms with Crippen molar-refractivity contribution < 1.29 is 53.0 Å². The van der Waals surface area contributed by atoms with Crippen molar-refractivity contribution >= 4 is 17.8 Å². The molecule has 2 aromatic carbocycles. The topological polar surface area (TPSA) is 207 Å². The molecular weight excluding hydrogens is 888 g/mol. The summed E-state index contributed by atoms with van der Waals surface area (Å²) in [4.78, 5) is 44.7. The summed E-state index contributed by atoms with van der Waals surface area (Å²) in [5.74, 6) is -2.15. The lowest BCUT2D eigenvalue weighted by molar-refractivity contribution is -0.262. The Morgan fingerprint density at radius 2 is 1.67 bits per heavy atom. The molecule has 2 aromatic rings. The molecule has 0 aromatic heterocycles. The molecule has 0 aliphatic carbocycles. The zero-order valence-electron chi connectivity index (χ0n) is 42.6. The van der Waals surface area contributed by atoms with Crippen molar-refractivity contribution in [2.45, 2.75) is 167 Å². The van der Waals surface area contributed by atoms with Crippen molar-refractivity contribution in [3.05, 3.63) is 82.7 Å². The Labute approximate surface area is 408 Å². The van der Waals surface area contributed by atoms with Crippen LogP contribution >= 0.6 is 0 Å². The number of benzene rings is 2. The van der Waals surface area contributed by atoms with Crippen LogP contribution in [0.1, 0.15) is 132 Å². The van der Waals surface area contributed by atoms with Crippen LogP contribution in [0.2, 0.25) is 0 Å². The van der Waals surface area contributed by atoms with E-state index in [9.17, 15) is 34.1 Å². The van der Waals surface area contributed by atoms with Crippen molar-refractivity contribution in [3.8, 4) is 0 Å². The van der Waals surface area contributed by atoms with E-state index in [1.54, 1.807) is 68.6 Å². The second kappa shape index (κ2) is 24.3. The number of esters is 1. The minimum absolute atomic E-state index is 0.00540. The van der Waals surface area contributed by atoms with E-state index in [0.29, 0.717) is 74.0 Å². The third-order valence-electron chi connectivity index (χ3n) is 14.7. The molecule has 0 unspecified atom stereocenters. The van der Waals surface area contributed by atoms with Gasteiger partial charge >= 0.3 is 5.97 Å². The van der Waals surface area contributed by atoms with Crippen LogP contribution in [0.5, 0.6) is 0 Å². The maximum absolute atomic E-state index is 14.7. The summed E-state index contributed by atoms with van der Waals surface area (Å²) in [5, 5.41) is 42.1. The highest BCUT2D eigenvalue weighted by Gasteiger charge is 2.47. The molecule has 0 bridgehead atoms. The van der Waals surface area contributed by atoms with Gasteiger partial charge in [0.2, 0.25) is 0 Å². The number of fused-ring (bicyclic) bond motifs is 1. The van der Waals surface area contributed by atoms with Crippen molar-refractivity contribution in [2.24, 2.45) is 22.9 Å². The quantitative estimate of drug-likeness (QED) is 0.0670. The van der Waals surface area contributed by atoms with E-state index < -0.39 is 72.6 Å². The number of likely N-dealkylation sites (N-methyl/N-ethyl adjacent to an activating group) is 1. The number of aliphatic hydroxyl groups excluding tert-OH is 1. The third kappa shape index (κ3) is 13.6. The molecule has 14 atom stereocenters. The van der Waals surface area contributed by atoms with Gasteiger partial charge in [-0.15, -0.1) is 0 Å². The number of imide groups is 1. The zero-order valence-corrected chi connectivity index (χ0v) is 42.6. The largest absolute Gasteiger partial charge is 0.459 e. The minimum atomic E-state index is -1.70. The number of cyclic esters (lactones) is 1. The van der Waals surface area contributed by atoms with E-state index in [0.717, 1.165) is 5.56 Å². The van der Waals surface area contributed by atoms with E-state index >= 15 is 0 Å². The van der Waals surface area contributed by atoms with Crippen molar-refractivity contribution in [1.29, 1.82) is 5.53 Å². The molecule has 0 saturated carbocycles. The molecule has 3 heterocycles.